The molecule has 0 spiro atoms. The predicted molar refractivity (Wildman–Crippen MR) is 189 cm³/mol. The van der Waals surface area contributed by atoms with Gasteiger partial charge in [-0.1, -0.05) is 11.6 Å². The van der Waals surface area contributed by atoms with Gasteiger partial charge in [-0.05, 0) is 65.1 Å². The Labute approximate surface area is 307 Å². The van der Waals surface area contributed by atoms with Crippen molar-refractivity contribution in [3.8, 4) is 17.1 Å². The van der Waals surface area contributed by atoms with Crippen molar-refractivity contribution < 1.29 is 36.2 Å². The monoisotopic (exact) mass is 762 g/mol. The summed E-state index contributed by atoms with van der Waals surface area (Å²) in [5.74, 6) is -0.806. The van der Waals surface area contributed by atoms with E-state index in [1.807, 2.05) is 4.90 Å². The van der Waals surface area contributed by atoms with Crippen LogP contribution in [0.4, 0.5) is 38.3 Å². The average Bonchev–Trinajstić information content (AvgIpc) is 3.77. The number of alkyl halides is 4. The number of ether oxygens (including phenoxy) is 2. The van der Waals surface area contributed by atoms with Crippen molar-refractivity contribution in [3.63, 3.8) is 0 Å². The molecule has 4 fully saturated rings. The molecule has 8 rings (SSSR count). The smallest absolute Gasteiger partial charge is 0.418 e. The maximum Gasteiger partial charge on any atom is 0.418 e. The minimum atomic E-state index is -4.97. The Bertz CT molecular complexity index is 2130. The van der Waals surface area contributed by atoms with Crippen molar-refractivity contribution in [2.24, 2.45) is 7.05 Å². The maximum absolute atomic E-state index is 17.4. The molecule has 4 aliphatic heterocycles. The van der Waals surface area contributed by atoms with E-state index in [1.54, 1.807) is 38.9 Å². The number of hydrogen-bond acceptors (Lipinski definition) is 9. The van der Waals surface area contributed by atoms with Gasteiger partial charge in [-0.2, -0.15) is 28.2 Å². The van der Waals surface area contributed by atoms with Crippen LogP contribution in [0.3, 0.4) is 0 Å². The summed E-state index contributed by atoms with van der Waals surface area (Å²) in [6.07, 6.45) is -1.58. The van der Waals surface area contributed by atoms with E-state index in [0.29, 0.717) is 44.3 Å². The first-order valence-electron chi connectivity index (χ1n) is 17.7. The van der Waals surface area contributed by atoms with Gasteiger partial charge >= 0.3 is 18.3 Å². The third kappa shape index (κ3) is 6.15. The topological polar surface area (TPSA) is 115 Å². The molecule has 0 aliphatic carbocycles. The predicted octanol–water partition coefficient (Wildman–Crippen LogP) is 7.12. The summed E-state index contributed by atoms with van der Waals surface area (Å²) >= 11 is 6.14. The lowest BCUT2D eigenvalue weighted by atomic mass is 9.94. The van der Waals surface area contributed by atoms with Gasteiger partial charge < -0.3 is 20.1 Å². The van der Waals surface area contributed by atoms with Gasteiger partial charge in [0.2, 0.25) is 0 Å². The lowest BCUT2D eigenvalue weighted by molar-refractivity contribution is -0.137. The van der Waals surface area contributed by atoms with E-state index < -0.39 is 57.1 Å². The third-order valence-corrected chi connectivity index (χ3v) is 11.2. The van der Waals surface area contributed by atoms with Gasteiger partial charge in [-0.3, -0.25) is 14.5 Å². The Balaban J connectivity index is 1.31. The van der Waals surface area contributed by atoms with Crippen molar-refractivity contribution in [3.05, 3.63) is 34.7 Å². The SMILES string of the molecule is Cn1cc2c(n1)c(-c1cc(N)cc(Cl)c1C(F)(F)F)c(F)c1nc(OC[C@@]34CCCN3C[C@H](F)C4)nc(N3C[C@H]4CC[C@@H](C3)N4C(=O)OC(C)(C)C)c12. The molecule has 2 bridgehead atoms. The number of benzene rings is 2. The Kier molecular flexibility index (Phi) is 8.41. The zero-order chi connectivity index (χ0) is 37.8. The van der Waals surface area contributed by atoms with Crippen molar-refractivity contribution in [1.82, 2.24) is 29.5 Å². The molecule has 4 atom stereocenters. The molecule has 2 N–H and O–H groups in total. The largest absolute Gasteiger partial charge is 0.461 e. The lowest BCUT2D eigenvalue weighted by Crippen LogP contribution is -2.57. The second kappa shape index (κ2) is 12.4. The minimum Gasteiger partial charge on any atom is -0.461 e. The first-order chi connectivity index (χ1) is 24.9. The van der Waals surface area contributed by atoms with E-state index in [1.165, 1.54) is 4.68 Å². The summed E-state index contributed by atoms with van der Waals surface area (Å²) in [6, 6.07) is 1.30. The molecule has 0 radical (unpaired) electrons. The van der Waals surface area contributed by atoms with E-state index in [-0.39, 0.29) is 59.0 Å². The molecule has 2 aromatic carbocycles. The highest BCUT2D eigenvalue weighted by atomic mass is 35.5. The number of amides is 1. The fourth-order valence-electron chi connectivity index (χ4n) is 8.90. The number of anilines is 2. The van der Waals surface area contributed by atoms with E-state index in [4.69, 9.17) is 31.8 Å². The fraction of sp³-hybridized carbons (Fsp3) is 0.556. The van der Waals surface area contributed by atoms with Crippen molar-refractivity contribution in [1.29, 1.82) is 0 Å². The molecule has 11 nitrogen and oxygen atoms in total. The highest BCUT2D eigenvalue weighted by molar-refractivity contribution is 6.32. The van der Waals surface area contributed by atoms with Crippen LogP contribution in [0.25, 0.3) is 32.9 Å². The highest BCUT2D eigenvalue weighted by Gasteiger charge is 2.50. The maximum atomic E-state index is 17.4. The zero-order valence-corrected chi connectivity index (χ0v) is 30.5. The number of carbonyl (C=O) groups is 1. The van der Waals surface area contributed by atoms with E-state index >= 15 is 4.39 Å². The van der Waals surface area contributed by atoms with Gasteiger partial charge in [-0.15, -0.1) is 0 Å². The number of hydrogen-bond donors (Lipinski definition) is 1. The number of fused-ring (bicyclic) bond motifs is 6. The van der Waals surface area contributed by atoms with Crippen LogP contribution in [-0.2, 0) is 18.0 Å². The summed E-state index contributed by atoms with van der Waals surface area (Å²) in [7, 11) is 1.58. The first-order valence-corrected chi connectivity index (χ1v) is 18.1. The van der Waals surface area contributed by atoms with Crippen LogP contribution in [0.1, 0.15) is 58.4 Å². The summed E-state index contributed by atoms with van der Waals surface area (Å²) in [5, 5.41) is 4.27. The molecule has 1 amide bonds. The summed E-state index contributed by atoms with van der Waals surface area (Å²) in [6.45, 7) is 7.10. The van der Waals surface area contributed by atoms with Gasteiger partial charge in [0.1, 0.15) is 35.2 Å². The van der Waals surface area contributed by atoms with Gasteiger partial charge in [0.15, 0.2) is 5.82 Å². The number of halogens is 6. The number of aryl methyl sites for hydroxylation is 1. The lowest BCUT2D eigenvalue weighted by Gasteiger charge is -2.42. The number of aromatic nitrogens is 4. The van der Waals surface area contributed by atoms with Gasteiger partial charge in [0.25, 0.3) is 0 Å². The zero-order valence-electron chi connectivity index (χ0n) is 29.7. The second-order valence-corrected chi connectivity index (χ2v) is 16.2. The summed E-state index contributed by atoms with van der Waals surface area (Å²) < 4.78 is 89.1. The standard InChI is InChI=1S/C36H40ClF5N8O3/c1-34(2,3)53-33(51)50-20-6-7-21(50)15-48(14-20)31-26-23-16-47(4)46-29(23)25(22-10-19(43)11-24(37)27(22)36(40,41)42)28(39)30(26)44-32(45-31)52-17-35-8-5-9-49(35)13-18(38)12-35/h10-11,16,18,20-21H,5-9,12-15,17,43H2,1-4H3/t18-,20-,21+,35+/m1/s1. The molecule has 0 unspecified atom stereocenters. The van der Waals surface area contributed by atoms with Gasteiger partial charge in [0, 0.05) is 61.5 Å². The summed E-state index contributed by atoms with van der Waals surface area (Å²) in [4.78, 5) is 28.4. The van der Waals surface area contributed by atoms with Crippen LogP contribution >= 0.6 is 11.6 Å². The van der Waals surface area contributed by atoms with E-state index in [2.05, 4.69) is 15.0 Å². The molecule has 6 heterocycles. The molecule has 0 saturated carbocycles. The van der Waals surface area contributed by atoms with Gasteiger partial charge in [-0.25, -0.2) is 13.6 Å². The number of nitrogens with two attached hydrogens (primary N) is 1. The van der Waals surface area contributed by atoms with Gasteiger partial charge in [0.05, 0.1) is 33.6 Å². The molecule has 53 heavy (non-hydrogen) atoms. The van der Waals surface area contributed by atoms with Crippen LogP contribution in [0.15, 0.2) is 18.3 Å². The molecule has 284 valence electrons. The molecule has 4 saturated heterocycles. The number of nitrogens with zero attached hydrogens (tertiary/aromatic N) is 7. The fourth-order valence-corrected chi connectivity index (χ4v) is 9.24. The molecule has 4 aromatic rings. The average molecular weight is 763 g/mol. The van der Waals surface area contributed by atoms with Crippen LogP contribution in [0.2, 0.25) is 5.02 Å². The van der Waals surface area contributed by atoms with Crippen LogP contribution in [0, 0.1) is 5.82 Å². The summed E-state index contributed by atoms with van der Waals surface area (Å²) in [5.41, 5.74) is 1.94. The van der Waals surface area contributed by atoms with Crippen molar-refractivity contribution >= 4 is 51.0 Å². The normalized spacial score (nSPS) is 24.8. The highest BCUT2D eigenvalue weighted by Crippen LogP contribution is 2.48. The van der Waals surface area contributed by atoms with Crippen molar-refractivity contribution in [2.45, 2.75) is 88.4 Å². The van der Waals surface area contributed by atoms with Crippen LogP contribution in [0.5, 0.6) is 6.01 Å². The Morgan fingerprint density at radius 1 is 1.09 bits per heavy atom. The first kappa shape index (κ1) is 35.8. The number of nitrogen functional groups attached to an aromatic ring is 1. The second-order valence-electron chi connectivity index (χ2n) is 15.8. The van der Waals surface area contributed by atoms with Crippen LogP contribution in [-0.4, -0.2) is 97.8 Å². The van der Waals surface area contributed by atoms with E-state index in [9.17, 15) is 22.4 Å². The Morgan fingerprint density at radius 3 is 2.49 bits per heavy atom. The number of carbonyl (C=O) groups excluding carboxylic acids is 1. The number of piperazine rings is 1. The molecule has 17 heteroatoms. The molecular formula is C36H40ClF5N8O3. The third-order valence-electron chi connectivity index (χ3n) is 10.9. The van der Waals surface area contributed by atoms with Crippen molar-refractivity contribution in [2.75, 3.05) is 43.4 Å². The molecule has 2 aromatic heterocycles. The van der Waals surface area contributed by atoms with E-state index in [0.717, 1.165) is 25.1 Å². The molecular weight excluding hydrogens is 723 g/mol. The quantitative estimate of drug-likeness (QED) is 0.168. The Hall–Kier alpha value is -4.18. The minimum absolute atomic E-state index is 0.0443. The Morgan fingerprint density at radius 2 is 1.81 bits per heavy atom. The van der Waals surface area contributed by atoms with Crippen LogP contribution < -0.4 is 15.4 Å². The molecule has 4 aliphatic rings. The number of rotatable bonds is 5.